The number of ketones is 1. The van der Waals surface area contributed by atoms with E-state index >= 15 is 0 Å². The Labute approximate surface area is 106 Å². The molecule has 1 fully saturated rings. The minimum absolute atomic E-state index is 0.0193. The molecule has 0 atom stereocenters. The van der Waals surface area contributed by atoms with Gasteiger partial charge in [0.2, 0.25) is 0 Å². The van der Waals surface area contributed by atoms with Gasteiger partial charge in [-0.1, -0.05) is 0 Å². The fourth-order valence-electron chi connectivity index (χ4n) is 1.43. The minimum Gasteiger partial charge on any atom is -0.379 e. The zero-order valence-corrected chi connectivity index (χ0v) is 11.1. The van der Waals surface area contributed by atoms with Crippen LogP contribution in [0, 0.1) is 5.92 Å². The lowest BCUT2D eigenvalue weighted by molar-refractivity contribution is 0.101. The smallest absolute Gasteiger partial charge is 0.185 e. The van der Waals surface area contributed by atoms with Gasteiger partial charge < -0.3 is 9.64 Å². The van der Waals surface area contributed by atoms with Crippen molar-refractivity contribution < 1.29 is 9.53 Å². The third kappa shape index (κ3) is 3.78. The molecule has 1 aromatic heterocycles. The van der Waals surface area contributed by atoms with Gasteiger partial charge in [-0.05, 0) is 18.8 Å². The van der Waals surface area contributed by atoms with Crippen LogP contribution in [-0.4, -0.2) is 37.6 Å². The van der Waals surface area contributed by atoms with Crippen LogP contribution in [0.15, 0.2) is 5.38 Å². The molecule has 1 heterocycles. The highest BCUT2D eigenvalue weighted by Crippen LogP contribution is 2.28. The number of ether oxygens (including phenoxy) is 1. The number of rotatable bonds is 7. The first kappa shape index (κ1) is 12.5. The van der Waals surface area contributed by atoms with Crippen molar-refractivity contribution in [1.29, 1.82) is 0 Å². The van der Waals surface area contributed by atoms with Crippen molar-refractivity contribution in [2.75, 3.05) is 31.7 Å². The van der Waals surface area contributed by atoms with Crippen molar-refractivity contribution in [1.82, 2.24) is 4.98 Å². The lowest BCUT2D eigenvalue weighted by Gasteiger charge is -2.15. The number of anilines is 1. The second-order valence-corrected chi connectivity index (χ2v) is 5.35. The summed E-state index contributed by atoms with van der Waals surface area (Å²) >= 11 is 1.50. The molecule has 0 aromatic carbocycles. The summed E-state index contributed by atoms with van der Waals surface area (Å²) in [6.45, 7) is 3.97. The van der Waals surface area contributed by atoms with Gasteiger partial charge in [-0.15, -0.1) is 11.3 Å². The molecule has 1 saturated carbocycles. The van der Waals surface area contributed by atoms with Crippen molar-refractivity contribution in [3.8, 4) is 0 Å². The lowest BCUT2D eigenvalue weighted by Crippen LogP contribution is -2.22. The van der Waals surface area contributed by atoms with Gasteiger partial charge in [0.05, 0.1) is 6.61 Å². The largest absolute Gasteiger partial charge is 0.379 e. The van der Waals surface area contributed by atoms with Gasteiger partial charge in [-0.3, -0.25) is 4.79 Å². The van der Waals surface area contributed by atoms with E-state index in [0.717, 1.165) is 30.8 Å². The average molecular weight is 254 g/mol. The highest BCUT2D eigenvalue weighted by molar-refractivity contribution is 7.13. The van der Waals surface area contributed by atoms with E-state index < -0.39 is 0 Å². The van der Waals surface area contributed by atoms with Crippen LogP contribution in [-0.2, 0) is 4.74 Å². The summed E-state index contributed by atoms with van der Waals surface area (Å²) in [5.41, 5.74) is 0.552. The molecule has 17 heavy (non-hydrogen) atoms. The maximum absolute atomic E-state index is 11.1. The van der Waals surface area contributed by atoms with Crippen LogP contribution in [0.4, 0.5) is 5.13 Å². The maximum Gasteiger partial charge on any atom is 0.185 e. The molecular formula is C12H18N2O2S. The summed E-state index contributed by atoms with van der Waals surface area (Å²) < 4.78 is 5.57. The number of thiazole rings is 1. The molecule has 0 spiro atoms. The Hall–Kier alpha value is -0.940. The van der Waals surface area contributed by atoms with Gasteiger partial charge in [0, 0.05) is 32.5 Å². The van der Waals surface area contributed by atoms with Gasteiger partial charge >= 0.3 is 0 Å². The fraction of sp³-hybridized carbons (Fsp3) is 0.667. The van der Waals surface area contributed by atoms with E-state index in [1.807, 2.05) is 11.9 Å². The minimum atomic E-state index is 0.0193. The molecular weight excluding hydrogens is 236 g/mol. The number of hydrogen-bond acceptors (Lipinski definition) is 5. The Morgan fingerprint density at radius 2 is 2.41 bits per heavy atom. The SMILES string of the molecule is CC(=O)c1csc(N(C)CCOCC2CC2)n1. The molecule has 0 aliphatic heterocycles. The number of nitrogens with zero attached hydrogens (tertiary/aromatic N) is 2. The Morgan fingerprint density at radius 3 is 3.00 bits per heavy atom. The summed E-state index contributed by atoms with van der Waals surface area (Å²) in [6.07, 6.45) is 2.65. The monoisotopic (exact) mass is 254 g/mol. The van der Waals surface area contributed by atoms with Crippen molar-refractivity contribution in [3.63, 3.8) is 0 Å². The molecule has 0 amide bonds. The van der Waals surface area contributed by atoms with Crippen molar-refractivity contribution in [2.45, 2.75) is 19.8 Å². The molecule has 5 heteroatoms. The van der Waals surface area contributed by atoms with E-state index in [1.165, 1.54) is 31.1 Å². The number of aromatic nitrogens is 1. The van der Waals surface area contributed by atoms with Crippen LogP contribution < -0.4 is 4.90 Å². The fourth-order valence-corrected chi connectivity index (χ4v) is 2.29. The quantitative estimate of drug-likeness (QED) is 0.552. The molecule has 1 aromatic rings. The van der Waals surface area contributed by atoms with Crippen LogP contribution in [0.1, 0.15) is 30.3 Å². The second-order valence-electron chi connectivity index (χ2n) is 4.51. The molecule has 0 radical (unpaired) electrons. The van der Waals surface area contributed by atoms with Crippen LogP contribution >= 0.6 is 11.3 Å². The van der Waals surface area contributed by atoms with Gasteiger partial charge in [0.1, 0.15) is 5.69 Å². The molecule has 0 unspecified atom stereocenters. The van der Waals surface area contributed by atoms with E-state index in [4.69, 9.17) is 4.74 Å². The zero-order valence-electron chi connectivity index (χ0n) is 10.3. The zero-order chi connectivity index (χ0) is 12.3. The van der Waals surface area contributed by atoms with Crippen molar-refractivity contribution in [3.05, 3.63) is 11.1 Å². The second kappa shape index (κ2) is 5.60. The molecule has 1 aliphatic rings. The summed E-state index contributed by atoms with van der Waals surface area (Å²) in [7, 11) is 1.98. The van der Waals surface area contributed by atoms with Crippen molar-refractivity contribution >= 4 is 22.3 Å². The molecule has 4 nitrogen and oxygen atoms in total. The predicted molar refractivity (Wildman–Crippen MR) is 68.9 cm³/mol. The maximum atomic E-state index is 11.1. The first-order chi connectivity index (χ1) is 8.16. The third-order valence-electron chi connectivity index (χ3n) is 2.80. The van der Waals surface area contributed by atoms with Crippen molar-refractivity contribution in [2.24, 2.45) is 5.92 Å². The van der Waals surface area contributed by atoms with Crippen LogP contribution in [0.2, 0.25) is 0 Å². The van der Waals surface area contributed by atoms with E-state index in [1.54, 1.807) is 5.38 Å². The van der Waals surface area contributed by atoms with Gasteiger partial charge in [0.15, 0.2) is 10.9 Å². The normalized spacial score (nSPS) is 14.9. The molecule has 1 aliphatic carbocycles. The number of Topliss-reactive ketones (excluding diaryl/α,β-unsaturated/α-hetero) is 1. The number of carbonyl (C=O) groups excluding carboxylic acids is 1. The van der Waals surface area contributed by atoms with Gasteiger partial charge in [-0.2, -0.15) is 0 Å². The topological polar surface area (TPSA) is 42.4 Å². The first-order valence-corrected chi connectivity index (χ1v) is 6.80. The van der Waals surface area contributed by atoms with E-state index in [9.17, 15) is 4.79 Å². The molecule has 2 rings (SSSR count). The molecule has 94 valence electrons. The summed E-state index contributed by atoms with van der Waals surface area (Å²) in [6, 6.07) is 0. The van der Waals surface area contributed by atoms with Gasteiger partial charge in [0.25, 0.3) is 0 Å². The number of likely N-dealkylation sites (N-methyl/N-ethyl adjacent to an activating group) is 1. The lowest BCUT2D eigenvalue weighted by atomic mass is 10.4. The first-order valence-electron chi connectivity index (χ1n) is 5.92. The Kier molecular flexibility index (Phi) is 4.12. The van der Waals surface area contributed by atoms with E-state index in [-0.39, 0.29) is 5.78 Å². The average Bonchev–Trinajstić information content (AvgIpc) is 2.97. The van der Waals surface area contributed by atoms with Crippen LogP contribution in [0.25, 0.3) is 0 Å². The van der Waals surface area contributed by atoms with Gasteiger partial charge in [-0.25, -0.2) is 4.98 Å². The van der Waals surface area contributed by atoms with E-state index in [0.29, 0.717) is 5.69 Å². The Morgan fingerprint density at radius 1 is 1.65 bits per heavy atom. The standard InChI is InChI=1S/C12H18N2O2S/c1-9(15)11-8-17-12(13-11)14(2)5-6-16-7-10-3-4-10/h8,10H,3-7H2,1-2H3. The predicted octanol–water partition coefficient (Wildman–Crippen LogP) is 2.21. The Balaban J connectivity index is 1.73. The van der Waals surface area contributed by atoms with Crippen LogP contribution in [0.3, 0.4) is 0 Å². The number of carbonyl (C=O) groups is 1. The summed E-state index contributed by atoms with van der Waals surface area (Å²) in [5, 5.41) is 2.68. The van der Waals surface area contributed by atoms with Crippen LogP contribution in [0.5, 0.6) is 0 Å². The molecule has 0 saturated heterocycles. The number of hydrogen-bond donors (Lipinski definition) is 0. The summed E-state index contributed by atoms with van der Waals surface area (Å²) in [5.74, 6) is 0.829. The summed E-state index contributed by atoms with van der Waals surface area (Å²) in [4.78, 5) is 17.4. The molecule has 0 bridgehead atoms. The highest BCUT2D eigenvalue weighted by Gasteiger charge is 2.21. The highest BCUT2D eigenvalue weighted by atomic mass is 32.1. The Bertz CT molecular complexity index is 388. The van der Waals surface area contributed by atoms with E-state index in [2.05, 4.69) is 4.98 Å². The molecule has 0 N–H and O–H groups in total. The third-order valence-corrected chi connectivity index (χ3v) is 3.76.